The summed E-state index contributed by atoms with van der Waals surface area (Å²) >= 11 is 0. The molecule has 2 heteroatoms. The van der Waals surface area contributed by atoms with E-state index in [1.807, 2.05) is 0 Å². The molecule has 0 amide bonds. The summed E-state index contributed by atoms with van der Waals surface area (Å²) in [4.78, 5) is 2.37. The Labute approximate surface area is 102 Å². The summed E-state index contributed by atoms with van der Waals surface area (Å²) in [6.45, 7) is 0.975. The summed E-state index contributed by atoms with van der Waals surface area (Å²) in [5.41, 5.74) is 2.51. The highest BCUT2D eigenvalue weighted by Crippen LogP contribution is 2.48. The Hall–Kier alpha value is -1.31. The highest BCUT2D eigenvalue weighted by Gasteiger charge is 2.44. The third-order valence-electron chi connectivity index (χ3n) is 5.00. The minimum Gasteiger partial charge on any atom is -0.349 e. The average Bonchev–Trinajstić information content (AvgIpc) is 3.03. The van der Waals surface area contributed by atoms with Crippen molar-refractivity contribution in [3.63, 3.8) is 0 Å². The molecule has 2 bridgehead atoms. The maximum absolute atomic E-state index is 8.36. The highest BCUT2D eigenvalue weighted by molar-refractivity contribution is 6.00. The molecule has 0 spiro atoms. The van der Waals surface area contributed by atoms with Gasteiger partial charge in [-0.1, -0.05) is 30.7 Å². The lowest BCUT2D eigenvalue weighted by molar-refractivity contribution is 0.226. The summed E-state index contributed by atoms with van der Waals surface area (Å²) in [6, 6.07) is 9.09. The van der Waals surface area contributed by atoms with E-state index in [1.54, 1.807) is 0 Å². The predicted octanol–water partition coefficient (Wildman–Crippen LogP) is 3.02. The van der Waals surface area contributed by atoms with Gasteiger partial charge in [0.15, 0.2) is 0 Å². The van der Waals surface area contributed by atoms with Crippen LogP contribution in [0.4, 0.5) is 0 Å². The Morgan fingerprint density at radius 1 is 1.12 bits per heavy atom. The van der Waals surface area contributed by atoms with Crippen LogP contribution in [0.1, 0.15) is 36.8 Å². The summed E-state index contributed by atoms with van der Waals surface area (Å²) < 4.78 is 0. The molecule has 2 nitrogen and oxygen atoms in total. The van der Waals surface area contributed by atoms with Gasteiger partial charge < -0.3 is 4.90 Å². The van der Waals surface area contributed by atoms with E-state index in [2.05, 4.69) is 29.2 Å². The van der Waals surface area contributed by atoms with Gasteiger partial charge in [-0.05, 0) is 36.7 Å². The molecule has 1 N–H and O–H groups in total. The van der Waals surface area contributed by atoms with E-state index in [0.717, 1.165) is 29.8 Å². The van der Waals surface area contributed by atoms with E-state index in [1.165, 1.54) is 31.2 Å². The largest absolute Gasteiger partial charge is 0.349 e. The fourth-order valence-corrected chi connectivity index (χ4v) is 4.18. The molecule has 2 saturated carbocycles. The molecule has 88 valence electrons. The Balaban J connectivity index is 1.64. The van der Waals surface area contributed by atoms with Crippen LogP contribution >= 0.6 is 0 Å². The zero-order valence-electron chi connectivity index (χ0n) is 10.0. The van der Waals surface area contributed by atoms with Crippen LogP contribution in [0.2, 0.25) is 0 Å². The van der Waals surface area contributed by atoms with E-state index in [9.17, 15) is 0 Å². The Morgan fingerprint density at radius 3 is 2.71 bits per heavy atom. The lowest BCUT2D eigenvalue weighted by Crippen LogP contribution is -2.39. The van der Waals surface area contributed by atoms with Crippen molar-refractivity contribution in [2.75, 3.05) is 0 Å². The summed E-state index contributed by atoms with van der Waals surface area (Å²) in [7, 11) is 0. The maximum atomic E-state index is 8.36. The number of nitrogens with one attached hydrogen (secondary N) is 1. The minimum absolute atomic E-state index is 0.661. The molecule has 3 aliphatic rings. The van der Waals surface area contributed by atoms with Crippen molar-refractivity contribution in [3.8, 4) is 0 Å². The van der Waals surface area contributed by atoms with Crippen molar-refractivity contribution in [2.24, 2.45) is 11.8 Å². The molecule has 0 aromatic heterocycles. The third-order valence-corrected chi connectivity index (χ3v) is 5.00. The van der Waals surface area contributed by atoms with Crippen LogP contribution in [0.15, 0.2) is 24.3 Å². The summed E-state index contributed by atoms with van der Waals surface area (Å²) in [6.07, 6.45) is 5.59. The molecule has 0 radical (unpaired) electrons. The first-order valence-corrected chi connectivity index (χ1v) is 6.76. The lowest BCUT2D eigenvalue weighted by Gasteiger charge is -2.32. The van der Waals surface area contributed by atoms with Gasteiger partial charge in [-0.3, -0.25) is 5.41 Å². The van der Waals surface area contributed by atoms with E-state index in [4.69, 9.17) is 5.41 Å². The SMILES string of the molecule is N=C1c2ccccc2CN1C1CC2CCC1C2. The van der Waals surface area contributed by atoms with Gasteiger partial charge in [0.1, 0.15) is 5.84 Å². The topological polar surface area (TPSA) is 27.1 Å². The van der Waals surface area contributed by atoms with E-state index in [0.29, 0.717) is 6.04 Å². The summed E-state index contributed by atoms with van der Waals surface area (Å²) in [5, 5.41) is 8.36. The number of rotatable bonds is 1. The molecule has 2 aliphatic carbocycles. The molecule has 3 atom stereocenters. The van der Waals surface area contributed by atoms with Crippen molar-refractivity contribution in [1.29, 1.82) is 5.41 Å². The van der Waals surface area contributed by atoms with Gasteiger partial charge in [0.05, 0.1) is 0 Å². The first-order chi connectivity index (χ1) is 8.33. The van der Waals surface area contributed by atoms with Gasteiger partial charge in [0, 0.05) is 18.2 Å². The lowest BCUT2D eigenvalue weighted by atomic mass is 9.94. The molecular weight excluding hydrogens is 208 g/mol. The number of fused-ring (bicyclic) bond motifs is 3. The van der Waals surface area contributed by atoms with Crippen molar-refractivity contribution in [3.05, 3.63) is 35.4 Å². The quantitative estimate of drug-likeness (QED) is 0.783. The Kier molecular flexibility index (Phi) is 1.91. The number of benzene rings is 1. The second-order valence-electron chi connectivity index (χ2n) is 5.88. The van der Waals surface area contributed by atoms with E-state index < -0.39 is 0 Å². The molecule has 2 fully saturated rings. The van der Waals surface area contributed by atoms with Crippen molar-refractivity contribution in [1.82, 2.24) is 4.90 Å². The second kappa shape index (κ2) is 3.34. The minimum atomic E-state index is 0.661. The van der Waals surface area contributed by atoms with Gasteiger partial charge in [-0.25, -0.2) is 0 Å². The molecule has 17 heavy (non-hydrogen) atoms. The van der Waals surface area contributed by atoms with Crippen LogP contribution in [-0.2, 0) is 6.54 Å². The van der Waals surface area contributed by atoms with Gasteiger partial charge >= 0.3 is 0 Å². The highest BCUT2D eigenvalue weighted by atomic mass is 15.2. The van der Waals surface area contributed by atoms with Crippen molar-refractivity contribution >= 4 is 5.84 Å². The van der Waals surface area contributed by atoms with Crippen LogP contribution < -0.4 is 0 Å². The zero-order valence-corrected chi connectivity index (χ0v) is 10.0. The van der Waals surface area contributed by atoms with Crippen LogP contribution in [-0.4, -0.2) is 16.8 Å². The van der Waals surface area contributed by atoms with Crippen LogP contribution in [0.3, 0.4) is 0 Å². The van der Waals surface area contributed by atoms with Crippen LogP contribution in [0.5, 0.6) is 0 Å². The molecule has 1 heterocycles. The fourth-order valence-electron chi connectivity index (χ4n) is 4.18. The standard InChI is InChI=1S/C15H18N2/c16-15-13-4-2-1-3-12(13)9-17(15)14-8-10-5-6-11(14)7-10/h1-4,10-11,14,16H,5-9H2. The van der Waals surface area contributed by atoms with E-state index in [-0.39, 0.29) is 0 Å². The summed E-state index contributed by atoms with van der Waals surface area (Å²) in [5.74, 6) is 2.61. The number of hydrogen-bond donors (Lipinski definition) is 1. The molecule has 0 saturated heterocycles. The first kappa shape index (κ1) is 9.69. The van der Waals surface area contributed by atoms with Gasteiger partial charge in [-0.15, -0.1) is 0 Å². The smallest absolute Gasteiger partial charge is 0.128 e. The second-order valence-corrected chi connectivity index (χ2v) is 5.88. The van der Waals surface area contributed by atoms with Crippen LogP contribution in [0.25, 0.3) is 0 Å². The number of amidine groups is 1. The van der Waals surface area contributed by atoms with Gasteiger partial charge in [0.2, 0.25) is 0 Å². The zero-order chi connectivity index (χ0) is 11.4. The normalized spacial score (nSPS) is 34.5. The molecular formula is C15H18N2. The molecule has 1 aliphatic heterocycles. The fraction of sp³-hybridized carbons (Fsp3) is 0.533. The predicted molar refractivity (Wildman–Crippen MR) is 68.0 cm³/mol. The van der Waals surface area contributed by atoms with E-state index >= 15 is 0 Å². The Morgan fingerprint density at radius 2 is 2.00 bits per heavy atom. The van der Waals surface area contributed by atoms with Gasteiger partial charge in [-0.2, -0.15) is 0 Å². The average molecular weight is 226 g/mol. The molecule has 4 rings (SSSR count). The maximum Gasteiger partial charge on any atom is 0.128 e. The van der Waals surface area contributed by atoms with Crippen molar-refractivity contribution < 1.29 is 0 Å². The van der Waals surface area contributed by atoms with Crippen LogP contribution in [0, 0.1) is 17.2 Å². The molecule has 3 unspecified atom stereocenters. The number of nitrogens with zero attached hydrogens (tertiary/aromatic N) is 1. The van der Waals surface area contributed by atoms with Crippen molar-refractivity contribution in [2.45, 2.75) is 38.3 Å². The monoisotopic (exact) mass is 226 g/mol. The first-order valence-electron chi connectivity index (χ1n) is 6.76. The number of hydrogen-bond acceptors (Lipinski definition) is 1. The Bertz CT molecular complexity index is 480. The van der Waals surface area contributed by atoms with Gasteiger partial charge in [0.25, 0.3) is 0 Å². The third kappa shape index (κ3) is 1.30. The molecule has 1 aromatic rings. The molecule has 1 aromatic carbocycles.